The summed E-state index contributed by atoms with van der Waals surface area (Å²) in [5.41, 5.74) is 1.98. The second-order valence-electron chi connectivity index (χ2n) is 7.96. The molecule has 0 spiro atoms. The van der Waals surface area contributed by atoms with Gasteiger partial charge in [-0.25, -0.2) is 19.9 Å². The van der Waals surface area contributed by atoms with Gasteiger partial charge in [0.05, 0.1) is 10.6 Å². The molecule has 2 aliphatic rings. The molecule has 3 aromatic rings. The summed E-state index contributed by atoms with van der Waals surface area (Å²) in [6, 6.07) is 1.99. The summed E-state index contributed by atoms with van der Waals surface area (Å²) < 4.78 is 0. The van der Waals surface area contributed by atoms with Crippen molar-refractivity contribution in [3.63, 3.8) is 0 Å². The quantitative estimate of drug-likeness (QED) is 0.713. The average molecular weight is 409 g/mol. The van der Waals surface area contributed by atoms with E-state index in [1.165, 1.54) is 24.2 Å². The third-order valence-corrected chi connectivity index (χ3v) is 6.99. The lowest BCUT2D eigenvalue weighted by Gasteiger charge is -2.32. The molecule has 4 heterocycles. The Bertz CT molecular complexity index is 1050. The number of nitrogens with zero attached hydrogens (tertiary/aromatic N) is 5. The third-order valence-electron chi connectivity index (χ3n) is 5.80. The third kappa shape index (κ3) is 3.57. The first-order valence-electron chi connectivity index (χ1n) is 10.2. The Kier molecular flexibility index (Phi) is 4.66. The van der Waals surface area contributed by atoms with E-state index in [9.17, 15) is 4.79 Å². The Hall–Kier alpha value is -2.61. The summed E-state index contributed by atoms with van der Waals surface area (Å²) in [4.78, 5) is 35.0. The molecular formula is C21H24N6OS. The molecule has 2 fully saturated rings. The fraction of sp³-hybridized carbons (Fsp3) is 0.476. The highest BCUT2D eigenvalue weighted by atomic mass is 32.1. The molecule has 1 amide bonds. The van der Waals surface area contributed by atoms with E-state index in [2.05, 4.69) is 20.2 Å². The van der Waals surface area contributed by atoms with Crippen molar-refractivity contribution in [2.75, 3.05) is 18.0 Å². The summed E-state index contributed by atoms with van der Waals surface area (Å²) in [6.45, 7) is 5.72. The Morgan fingerprint density at radius 3 is 2.52 bits per heavy atom. The lowest BCUT2D eigenvalue weighted by molar-refractivity contribution is 0.0934. The van der Waals surface area contributed by atoms with Crippen LogP contribution in [0.3, 0.4) is 0 Å². The fourth-order valence-corrected chi connectivity index (χ4v) is 5.17. The van der Waals surface area contributed by atoms with Gasteiger partial charge in [0.1, 0.15) is 10.7 Å². The lowest BCUT2D eigenvalue weighted by Crippen LogP contribution is -2.45. The first-order chi connectivity index (χ1) is 14.1. The van der Waals surface area contributed by atoms with Crippen molar-refractivity contribution < 1.29 is 4.79 Å². The molecule has 0 atom stereocenters. The Morgan fingerprint density at radius 1 is 1.10 bits per heavy atom. The molecular weight excluding hydrogens is 384 g/mol. The first-order valence-corrected chi connectivity index (χ1v) is 11.0. The minimum Gasteiger partial charge on any atom is -0.348 e. The molecule has 0 radical (unpaired) electrons. The van der Waals surface area contributed by atoms with Crippen LogP contribution in [-0.4, -0.2) is 45.0 Å². The van der Waals surface area contributed by atoms with Gasteiger partial charge in [0.2, 0.25) is 5.95 Å². The number of anilines is 1. The van der Waals surface area contributed by atoms with Crippen molar-refractivity contribution in [1.29, 1.82) is 0 Å². The van der Waals surface area contributed by atoms with Gasteiger partial charge < -0.3 is 10.2 Å². The molecule has 0 bridgehead atoms. The summed E-state index contributed by atoms with van der Waals surface area (Å²) in [5.74, 6) is 2.22. The zero-order chi connectivity index (χ0) is 20.0. The molecule has 3 aromatic heterocycles. The summed E-state index contributed by atoms with van der Waals surface area (Å²) in [5, 5.41) is 4.28. The summed E-state index contributed by atoms with van der Waals surface area (Å²) in [7, 11) is 0. The Morgan fingerprint density at radius 2 is 1.83 bits per heavy atom. The highest BCUT2D eigenvalue weighted by Gasteiger charge is 2.29. The molecule has 1 aliphatic heterocycles. The molecule has 1 saturated carbocycles. The van der Waals surface area contributed by atoms with Crippen molar-refractivity contribution in [2.24, 2.45) is 0 Å². The number of piperidine rings is 1. The Balaban J connectivity index is 1.29. The number of amides is 1. The van der Waals surface area contributed by atoms with E-state index in [-0.39, 0.29) is 11.9 Å². The molecule has 0 aromatic carbocycles. The van der Waals surface area contributed by atoms with Crippen molar-refractivity contribution >= 4 is 33.4 Å². The van der Waals surface area contributed by atoms with Crippen LogP contribution in [0.4, 0.5) is 5.95 Å². The second kappa shape index (κ2) is 7.33. The van der Waals surface area contributed by atoms with Crippen LogP contribution in [0.15, 0.2) is 18.5 Å². The maximum atomic E-state index is 13.0. The molecule has 5 rings (SSSR count). The lowest BCUT2D eigenvalue weighted by atomic mass is 10.0. The first kappa shape index (κ1) is 18.4. The van der Waals surface area contributed by atoms with Crippen molar-refractivity contribution in [3.8, 4) is 0 Å². The van der Waals surface area contributed by atoms with Gasteiger partial charge in [-0.1, -0.05) is 0 Å². The van der Waals surface area contributed by atoms with E-state index in [0.717, 1.165) is 64.1 Å². The molecule has 1 saturated heterocycles. The van der Waals surface area contributed by atoms with Crippen LogP contribution in [0.1, 0.15) is 58.4 Å². The maximum absolute atomic E-state index is 13.0. The van der Waals surface area contributed by atoms with Crippen molar-refractivity contribution in [2.45, 2.75) is 51.5 Å². The zero-order valence-corrected chi connectivity index (χ0v) is 17.5. The molecule has 0 unspecified atom stereocenters. The van der Waals surface area contributed by atoms with Gasteiger partial charge in [-0.2, -0.15) is 0 Å². The largest absolute Gasteiger partial charge is 0.348 e. The van der Waals surface area contributed by atoms with Crippen molar-refractivity contribution in [3.05, 3.63) is 40.4 Å². The fourth-order valence-electron chi connectivity index (χ4n) is 4.03. The summed E-state index contributed by atoms with van der Waals surface area (Å²) in [6.07, 6.45) is 7.65. The highest BCUT2D eigenvalue weighted by molar-refractivity contribution is 7.20. The standard InChI is InChI=1S/C21H24N6OS/c1-12-16-13(2)24-18(14-4-5-14)26-20(16)29-17(12)19(28)25-15-6-10-27(11-7-15)21-22-8-3-9-23-21/h3,8-9,14-15H,4-7,10-11H2,1-2H3,(H,25,28). The smallest absolute Gasteiger partial charge is 0.261 e. The van der Waals surface area contributed by atoms with Gasteiger partial charge >= 0.3 is 0 Å². The number of hydrogen-bond donors (Lipinski definition) is 1. The van der Waals surface area contributed by atoms with Crippen LogP contribution in [0.5, 0.6) is 0 Å². The van der Waals surface area contributed by atoms with Gasteiger partial charge in [0.25, 0.3) is 5.91 Å². The number of aryl methyl sites for hydroxylation is 2. The molecule has 1 aliphatic carbocycles. The van der Waals surface area contributed by atoms with E-state index < -0.39 is 0 Å². The van der Waals surface area contributed by atoms with E-state index in [0.29, 0.717) is 5.92 Å². The highest BCUT2D eigenvalue weighted by Crippen LogP contribution is 2.40. The number of hydrogen-bond acceptors (Lipinski definition) is 7. The minimum absolute atomic E-state index is 0.00674. The number of fused-ring (bicyclic) bond motifs is 1. The molecule has 150 valence electrons. The average Bonchev–Trinajstić information content (AvgIpc) is 3.53. The van der Waals surface area contributed by atoms with Crippen LogP contribution >= 0.6 is 11.3 Å². The number of rotatable bonds is 4. The Labute approximate surface area is 173 Å². The number of thiophene rings is 1. The predicted molar refractivity (Wildman–Crippen MR) is 114 cm³/mol. The normalized spacial score (nSPS) is 17.7. The van der Waals surface area contributed by atoms with E-state index >= 15 is 0 Å². The van der Waals surface area contributed by atoms with Crippen LogP contribution in [0, 0.1) is 13.8 Å². The van der Waals surface area contributed by atoms with Crippen LogP contribution < -0.4 is 10.2 Å². The van der Waals surface area contributed by atoms with Gasteiger partial charge in [0.15, 0.2) is 0 Å². The SMILES string of the molecule is Cc1nc(C2CC2)nc2sc(C(=O)NC3CCN(c4ncccn4)CC3)c(C)c12. The summed E-state index contributed by atoms with van der Waals surface area (Å²) >= 11 is 1.50. The molecule has 8 heteroatoms. The molecule has 7 nitrogen and oxygen atoms in total. The number of aromatic nitrogens is 4. The topological polar surface area (TPSA) is 83.9 Å². The van der Waals surface area contributed by atoms with Crippen LogP contribution in [0.2, 0.25) is 0 Å². The maximum Gasteiger partial charge on any atom is 0.261 e. The van der Waals surface area contributed by atoms with E-state index in [1.807, 2.05) is 19.9 Å². The number of carbonyl (C=O) groups is 1. The second-order valence-corrected chi connectivity index (χ2v) is 8.96. The zero-order valence-electron chi connectivity index (χ0n) is 16.7. The number of carbonyl (C=O) groups excluding carboxylic acids is 1. The van der Waals surface area contributed by atoms with Gasteiger partial charge in [-0.15, -0.1) is 11.3 Å². The number of nitrogens with one attached hydrogen (secondary N) is 1. The van der Waals surface area contributed by atoms with Crippen LogP contribution in [0.25, 0.3) is 10.2 Å². The predicted octanol–water partition coefficient (Wildman–Crippen LogP) is 3.37. The molecule has 1 N–H and O–H groups in total. The van der Waals surface area contributed by atoms with E-state index in [1.54, 1.807) is 12.4 Å². The van der Waals surface area contributed by atoms with Gasteiger partial charge in [0, 0.05) is 42.8 Å². The minimum atomic E-state index is 0.00674. The van der Waals surface area contributed by atoms with Gasteiger partial charge in [-0.3, -0.25) is 4.79 Å². The van der Waals surface area contributed by atoms with Crippen LogP contribution in [-0.2, 0) is 0 Å². The van der Waals surface area contributed by atoms with E-state index in [4.69, 9.17) is 9.97 Å². The molecule has 29 heavy (non-hydrogen) atoms. The van der Waals surface area contributed by atoms with Crippen molar-refractivity contribution in [1.82, 2.24) is 25.3 Å². The van der Waals surface area contributed by atoms with Gasteiger partial charge in [-0.05, 0) is 51.2 Å². The monoisotopic (exact) mass is 408 g/mol.